The van der Waals surface area contributed by atoms with Crippen molar-refractivity contribution in [3.63, 3.8) is 0 Å². The normalized spacial score (nSPS) is 9.85. The number of nitrogens with one attached hydrogen (secondary N) is 1. The van der Waals surface area contributed by atoms with Gasteiger partial charge in [0.2, 0.25) is 0 Å². The lowest BCUT2D eigenvalue weighted by atomic mass is 10.1. The molecule has 0 aliphatic carbocycles. The molecule has 4 nitrogen and oxygen atoms in total. The number of nitriles is 1. The molecule has 0 aliphatic heterocycles. The van der Waals surface area contributed by atoms with E-state index in [-0.39, 0.29) is 5.56 Å². The summed E-state index contributed by atoms with van der Waals surface area (Å²) in [5.74, 6) is -0.422. The summed E-state index contributed by atoms with van der Waals surface area (Å²) in [7, 11) is 0. The lowest BCUT2D eigenvalue weighted by Crippen LogP contribution is -2.13. The van der Waals surface area contributed by atoms with Crippen molar-refractivity contribution in [2.24, 2.45) is 0 Å². The van der Waals surface area contributed by atoms with Crippen LogP contribution in [0.1, 0.15) is 15.9 Å². The van der Waals surface area contributed by atoms with Crippen molar-refractivity contribution in [1.29, 1.82) is 5.26 Å². The third-order valence-corrected chi connectivity index (χ3v) is 3.17. The van der Waals surface area contributed by atoms with Crippen LogP contribution in [0, 0.1) is 11.3 Å². The number of nitrogens with zero attached hydrogens (tertiary/aromatic N) is 1. The average molecular weight is 306 g/mol. The van der Waals surface area contributed by atoms with Crippen LogP contribution in [0.15, 0.2) is 36.4 Å². The molecule has 0 unspecified atom stereocenters. The number of amides is 1. The third-order valence-electron chi connectivity index (χ3n) is 2.60. The Bertz CT molecular complexity index is 723. The first kappa shape index (κ1) is 14.2. The van der Waals surface area contributed by atoms with Crippen LogP contribution in [-0.2, 0) is 0 Å². The van der Waals surface area contributed by atoms with Gasteiger partial charge in [0.25, 0.3) is 5.91 Å². The highest BCUT2D eigenvalue weighted by Gasteiger charge is 2.12. The van der Waals surface area contributed by atoms with Crippen molar-refractivity contribution in [1.82, 2.24) is 0 Å². The van der Waals surface area contributed by atoms with Gasteiger partial charge in [0.05, 0.1) is 33.6 Å². The van der Waals surface area contributed by atoms with Crippen molar-refractivity contribution in [2.45, 2.75) is 0 Å². The van der Waals surface area contributed by atoms with Gasteiger partial charge in [-0.3, -0.25) is 4.79 Å². The van der Waals surface area contributed by atoms with Crippen molar-refractivity contribution < 1.29 is 4.79 Å². The molecule has 0 spiro atoms. The fourth-order valence-electron chi connectivity index (χ4n) is 1.61. The number of rotatable bonds is 2. The maximum absolute atomic E-state index is 12.1. The molecule has 0 aliphatic rings. The van der Waals surface area contributed by atoms with E-state index in [4.69, 9.17) is 34.2 Å². The van der Waals surface area contributed by atoms with Crippen LogP contribution >= 0.6 is 23.2 Å². The number of hydrogen-bond donors (Lipinski definition) is 2. The first-order chi connectivity index (χ1) is 9.51. The molecule has 2 aromatic rings. The number of nitrogen functional groups attached to an aromatic ring is 1. The number of nitrogens with two attached hydrogens (primary N) is 1. The highest BCUT2D eigenvalue weighted by atomic mass is 35.5. The zero-order valence-corrected chi connectivity index (χ0v) is 11.7. The lowest BCUT2D eigenvalue weighted by molar-refractivity contribution is 0.102. The Hall–Kier alpha value is -2.22. The van der Waals surface area contributed by atoms with E-state index in [2.05, 4.69) is 5.32 Å². The van der Waals surface area contributed by atoms with Crippen LogP contribution in [-0.4, -0.2) is 5.91 Å². The molecule has 0 atom stereocenters. The summed E-state index contributed by atoms with van der Waals surface area (Å²) in [5.41, 5.74) is 7.15. The Balaban J connectivity index is 2.28. The Labute approximate surface area is 125 Å². The minimum absolute atomic E-state index is 0.253. The quantitative estimate of drug-likeness (QED) is 0.830. The Morgan fingerprint density at radius 2 is 1.95 bits per heavy atom. The molecule has 0 saturated heterocycles. The minimum atomic E-state index is -0.422. The molecule has 100 valence electrons. The molecule has 20 heavy (non-hydrogen) atoms. The van der Waals surface area contributed by atoms with Crippen molar-refractivity contribution in [3.8, 4) is 6.07 Å². The maximum Gasteiger partial charge on any atom is 0.257 e. The van der Waals surface area contributed by atoms with Crippen molar-refractivity contribution in [3.05, 3.63) is 57.6 Å². The SMILES string of the molecule is N#Cc1ccc(NC(=O)c2cc(Cl)ccc2Cl)c(N)c1. The number of carbonyl (C=O) groups excluding carboxylic acids is 1. The van der Waals surface area contributed by atoms with Crippen LogP contribution in [0.25, 0.3) is 0 Å². The molecule has 0 aromatic heterocycles. The molecule has 1 amide bonds. The van der Waals surface area contributed by atoms with E-state index in [0.717, 1.165) is 0 Å². The average Bonchev–Trinajstić information content (AvgIpc) is 2.43. The third kappa shape index (κ3) is 3.02. The molecule has 0 saturated carbocycles. The summed E-state index contributed by atoms with van der Waals surface area (Å²) < 4.78 is 0. The molecule has 0 heterocycles. The molecule has 3 N–H and O–H groups in total. The lowest BCUT2D eigenvalue weighted by Gasteiger charge is -2.09. The molecule has 0 fully saturated rings. The summed E-state index contributed by atoms with van der Waals surface area (Å²) >= 11 is 11.8. The van der Waals surface area contributed by atoms with E-state index >= 15 is 0 Å². The molecule has 0 bridgehead atoms. The molecule has 6 heteroatoms. The molecule has 0 radical (unpaired) electrons. The predicted molar refractivity (Wildman–Crippen MR) is 80.0 cm³/mol. The zero-order chi connectivity index (χ0) is 14.7. The summed E-state index contributed by atoms with van der Waals surface area (Å²) in [6.45, 7) is 0. The molecule has 2 aromatic carbocycles. The Morgan fingerprint density at radius 1 is 1.20 bits per heavy atom. The summed E-state index contributed by atoms with van der Waals surface area (Å²) in [6, 6.07) is 11.2. The summed E-state index contributed by atoms with van der Waals surface area (Å²) in [5, 5.41) is 12.1. The van der Waals surface area contributed by atoms with Crippen LogP contribution < -0.4 is 11.1 Å². The summed E-state index contributed by atoms with van der Waals surface area (Å²) in [4.78, 5) is 12.1. The summed E-state index contributed by atoms with van der Waals surface area (Å²) in [6.07, 6.45) is 0. The molecular formula is C14H9Cl2N3O. The van der Waals surface area contributed by atoms with Gasteiger partial charge in [-0.2, -0.15) is 5.26 Å². The van der Waals surface area contributed by atoms with Gasteiger partial charge in [0.15, 0.2) is 0 Å². The van der Waals surface area contributed by atoms with E-state index in [1.807, 2.05) is 6.07 Å². The Morgan fingerprint density at radius 3 is 2.60 bits per heavy atom. The zero-order valence-electron chi connectivity index (χ0n) is 10.2. The number of benzene rings is 2. The topological polar surface area (TPSA) is 78.9 Å². The highest BCUT2D eigenvalue weighted by molar-refractivity contribution is 6.36. The van der Waals surface area contributed by atoms with E-state index in [9.17, 15) is 4.79 Å². The van der Waals surface area contributed by atoms with Gasteiger partial charge in [-0.25, -0.2) is 0 Å². The van der Waals surface area contributed by atoms with Crippen LogP contribution in [0.5, 0.6) is 0 Å². The second kappa shape index (κ2) is 5.83. The van der Waals surface area contributed by atoms with Gasteiger partial charge in [-0.05, 0) is 36.4 Å². The Kier molecular flexibility index (Phi) is 4.14. The predicted octanol–water partition coefficient (Wildman–Crippen LogP) is 3.70. The van der Waals surface area contributed by atoms with E-state index in [0.29, 0.717) is 27.0 Å². The van der Waals surface area contributed by atoms with E-state index < -0.39 is 5.91 Å². The fraction of sp³-hybridized carbons (Fsp3) is 0. The fourth-order valence-corrected chi connectivity index (χ4v) is 1.98. The maximum atomic E-state index is 12.1. The van der Waals surface area contributed by atoms with Crippen LogP contribution in [0.2, 0.25) is 10.0 Å². The minimum Gasteiger partial charge on any atom is -0.397 e. The smallest absolute Gasteiger partial charge is 0.257 e. The number of anilines is 2. The van der Waals surface area contributed by atoms with Crippen molar-refractivity contribution >= 4 is 40.5 Å². The highest BCUT2D eigenvalue weighted by Crippen LogP contribution is 2.24. The van der Waals surface area contributed by atoms with Crippen LogP contribution in [0.3, 0.4) is 0 Å². The number of hydrogen-bond acceptors (Lipinski definition) is 3. The number of carbonyl (C=O) groups is 1. The van der Waals surface area contributed by atoms with Gasteiger partial charge >= 0.3 is 0 Å². The molecule has 2 rings (SSSR count). The van der Waals surface area contributed by atoms with Gasteiger partial charge in [-0.15, -0.1) is 0 Å². The van der Waals surface area contributed by atoms with Crippen LogP contribution in [0.4, 0.5) is 11.4 Å². The first-order valence-electron chi connectivity index (χ1n) is 5.57. The van der Waals surface area contributed by atoms with E-state index in [1.165, 1.54) is 12.1 Å². The first-order valence-corrected chi connectivity index (χ1v) is 6.33. The largest absolute Gasteiger partial charge is 0.397 e. The molecular weight excluding hydrogens is 297 g/mol. The standard InChI is InChI=1S/C14H9Cl2N3O/c15-9-2-3-11(16)10(6-9)14(20)19-13-4-1-8(7-17)5-12(13)18/h1-6H,18H2,(H,19,20). The van der Waals surface area contributed by atoms with Gasteiger partial charge in [0.1, 0.15) is 0 Å². The second-order valence-electron chi connectivity index (χ2n) is 3.99. The van der Waals surface area contributed by atoms with Crippen molar-refractivity contribution in [2.75, 3.05) is 11.1 Å². The van der Waals surface area contributed by atoms with Gasteiger partial charge in [-0.1, -0.05) is 23.2 Å². The van der Waals surface area contributed by atoms with E-state index in [1.54, 1.807) is 24.3 Å². The number of halogens is 2. The van der Waals surface area contributed by atoms with Gasteiger partial charge < -0.3 is 11.1 Å². The monoisotopic (exact) mass is 305 g/mol. The van der Waals surface area contributed by atoms with Gasteiger partial charge in [0, 0.05) is 5.02 Å². The second-order valence-corrected chi connectivity index (χ2v) is 4.84.